The van der Waals surface area contributed by atoms with Crippen molar-refractivity contribution in [1.29, 1.82) is 0 Å². The molecule has 17 heavy (non-hydrogen) atoms. The normalized spacial score (nSPS) is 19.4. The smallest absolute Gasteiger partial charge is 0.0941 e. The SMILES string of the molecule is CC1(NCc2csc(CCN)n2)CCCCC1. The summed E-state index contributed by atoms with van der Waals surface area (Å²) < 4.78 is 0. The van der Waals surface area contributed by atoms with Crippen LogP contribution in [0.4, 0.5) is 0 Å². The van der Waals surface area contributed by atoms with Gasteiger partial charge in [0.2, 0.25) is 0 Å². The Balaban J connectivity index is 1.83. The summed E-state index contributed by atoms with van der Waals surface area (Å²) in [5.74, 6) is 0. The Bertz CT molecular complexity index is 342. The van der Waals surface area contributed by atoms with Gasteiger partial charge in [-0.2, -0.15) is 0 Å². The second kappa shape index (κ2) is 5.94. The van der Waals surface area contributed by atoms with Crippen molar-refractivity contribution in [1.82, 2.24) is 10.3 Å². The van der Waals surface area contributed by atoms with Crippen LogP contribution in [0.2, 0.25) is 0 Å². The number of aromatic nitrogens is 1. The summed E-state index contributed by atoms with van der Waals surface area (Å²) in [6.45, 7) is 3.94. The van der Waals surface area contributed by atoms with E-state index in [9.17, 15) is 0 Å². The van der Waals surface area contributed by atoms with Crippen molar-refractivity contribution in [3.05, 3.63) is 16.1 Å². The number of nitrogens with two attached hydrogens (primary N) is 1. The second-order valence-corrected chi connectivity index (χ2v) is 6.19. The molecule has 1 fully saturated rings. The van der Waals surface area contributed by atoms with Gasteiger partial charge in [0.05, 0.1) is 10.7 Å². The molecule has 96 valence electrons. The Labute approximate surface area is 108 Å². The summed E-state index contributed by atoms with van der Waals surface area (Å²) in [6, 6.07) is 0. The minimum absolute atomic E-state index is 0.329. The van der Waals surface area contributed by atoms with E-state index in [1.54, 1.807) is 11.3 Å². The van der Waals surface area contributed by atoms with Gasteiger partial charge < -0.3 is 11.1 Å². The minimum Gasteiger partial charge on any atom is -0.330 e. The first-order valence-electron chi connectivity index (χ1n) is 6.60. The molecule has 1 aromatic heterocycles. The minimum atomic E-state index is 0.329. The van der Waals surface area contributed by atoms with Gasteiger partial charge in [-0.05, 0) is 26.3 Å². The highest BCUT2D eigenvalue weighted by molar-refractivity contribution is 7.09. The number of hydrogen-bond acceptors (Lipinski definition) is 4. The molecule has 2 rings (SSSR count). The molecule has 3 nitrogen and oxygen atoms in total. The molecule has 0 saturated heterocycles. The topological polar surface area (TPSA) is 50.9 Å². The molecular formula is C13H23N3S. The van der Waals surface area contributed by atoms with Crippen molar-refractivity contribution in [3.8, 4) is 0 Å². The molecule has 1 aromatic rings. The number of nitrogens with zero attached hydrogens (tertiary/aromatic N) is 1. The molecule has 0 aromatic carbocycles. The lowest BCUT2D eigenvalue weighted by atomic mass is 9.83. The van der Waals surface area contributed by atoms with Crippen LogP contribution in [0.5, 0.6) is 0 Å². The van der Waals surface area contributed by atoms with Crippen LogP contribution in [-0.2, 0) is 13.0 Å². The summed E-state index contributed by atoms with van der Waals surface area (Å²) in [5, 5.41) is 7.00. The molecule has 1 aliphatic rings. The Morgan fingerprint density at radius 1 is 1.41 bits per heavy atom. The van der Waals surface area contributed by atoms with Gasteiger partial charge >= 0.3 is 0 Å². The lowest BCUT2D eigenvalue weighted by molar-refractivity contribution is 0.251. The van der Waals surface area contributed by atoms with E-state index in [0.717, 1.165) is 18.0 Å². The highest BCUT2D eigenvalue weighted by Crippen LogP contribution is 2.27. The van der Waals surface area contributed by atoms with Crippen molar-refractivity contribution in [2.45, 2.75) is 57.5 Å². The molecule has 0 aliphatic heterocycles. The molecule has 1 heterocycles. The fourth-order valence-electron chi connectivity index (χ4n) is 2.48. The van der Waals surface area contributed by atoms with E-state index < -0.39 is 0 Å². The fourth-order valence-corrected chi connectivity index (χ4v) is 3.30. The van der Waals surface area contributed by atoms with Crippen molar-refractivity contribution in [3.63, 3.8) is 0 Å². The lowest BCUT2D eigenvalue weighted by Gasteiger charge is -2.34. The van der Waals surface area contributed by atoms with Gasteiger partial charge in [0.25, 0.3) is 0 Å². The average Bonchev–Trinajstić information content (AvgIpc) is 2.76. The van der Waals surface area contributed by atoms with E-state index in [1.807, 2.05) is 0 Å². The maximum atomic E-state index is 5.53. The maximum Gasteiger partial charge on any atom is 0.0941 e. The molecule has 1 saturated carbocycles. The standard InChI is InChI=1S/C13H23N3S/c1-13(6-3-2-4-7-13)15-9-11-10-17-12(16-11)5-8-14/h10,15H,2-9,14H2,1H3. The Morgan fingerprint density at radius 3 is 2.88 bits per heavy atom. The van der Waals surface area contributed by atoms with Crippen LogP contribution in [0.15, 0.2) is 5.38 Å². The van der Waals surface area contributed by atoms with E-state index >= 15 is 0 Å². The lowest BCUT2D eigenvalue weighted by Crippen LogP contribution is -2.43. The maximum absolute atomic E-state index is 5.53. The molecule has 1 aliphatic carbocycles. The van der Waals surface area contributed by atoms with Crippen LogP contribution >= 0.6 is 11.3 Å². The molecule has 0 atom stereocenters. The number of hydrogen-bond donors (Lipinski definition) is 2. The van der Waals surface area contributed by atoms with Gasteiger partial charge in [0.1, 0.15) is 0 Å². The third-order valence-electron chi connectivity index (χ3n) is 3.61. The zero-order valence-corrected chi connectivity index (χ0v) is 11.5. The van der Waals surface area contributed by atoms with E-state index in [0.29, 0.717) is 12.1 Å². The third-order valence-corrected chi connectivity index (χ3v) is 4.57. The van der Waals surface area contributed by atoms with E-state index in [2.05, 4.69) is 22.6 Å². The molecular weight excluding hydrogens is 230 g/mol. The number of rotatable bonds is 5. The second-order valence-electron chi connectivity index (χ2n) is 5.25. The van der Waals surface area contributed by atoms with Gasteiger partial charge in [-0.3, -0.25) is 0 Å². The highest BCUT2D eigenvalue weighted by Gasteiger charge is 2.25. The average molecular weight is 253 g/mol. The van der Waals surface area contributed by atoms with Gasteiger partial charge in [-0.25, -0.2) is 4.98 Å². The van der Waals surface area contributed by atoms with Crippen LogP contribution in [0.3, 0.4) is 0 Å². The van der Waals surface area contributed by atoms with Crippen LogP contribution < -0.4 is 11.1 Å². The van der Waals surface area contributed by atoms with Crippen molar-refractivity contribution in [2.24, 2.45) is 5.73 Å². The van der Waals surface area contributed by atoms with Gasteiger partial charge in [-0.15, -0.1) is 11.3 Å². The zero-order valence-electron chi connectivity index (χ0n) is 10.7. The van der Waals surface area contributed by atoms with Crippen LogP contribution in [0.25, 0.3) is 0 Å². The predicted octanol–water partition coefficient (Wildman–Crippen LogP) is 2.46. The molecule has 0 bridgehead atoms. The molecule has 0 unspecified atom stereocenters. The summed E-state index contributed by atoms with van der Waals surface area (Å²) in [5.41, 5.74) is 7.03. The third kappa shape index (κ3) is 3.76. The molecule has 0 radical (unpaired) electrons. The Hall–Kier alpha value is -0.450. The van der Waals surface area contributed by atoms with E-state index in [4.69, 9.17) is 5.73 Å². The van der Waals surface area contributed by atoms with E-state index in [1.165, 1.54) is 37.8 Å². The summed E-state index contributed by atoms with van der Waals surface area (Å²) >= 11 is 1.73. The Morgan fingerprint density at radius 2 is 2.18 bits per heavy atom. The van der Waals surface area contributed by atoms with Crippen LogP contribution in [0, 0.1) is 0 Å². The summed E-state index contributed by atoms with van der Waals surface area (Å²) in [7, 11) is 0. The van der Waals surface area contributed by atoms with Gasteiger partial charge in [0, 0.05) is 23.9 Å². The monoisotopic (exact) mass is 253 g/mol. The van der Waals surface area contributed by atoms with E-state index in [-0.39, 0.29) is 0 Å². The quantitative estimate of drug-likeness (QED) is 0.847. The first-order valence-corrected chi connectivity index (χ1v) is 7.48. The van der Waals surface area contributed by atoms with Crippen molar-refractivity contribution >= 4 is 11.3 Å². The number of nitrogens with one attached hydrogen (secondary N) is 1. The number of thiazole rings is 1. The molecule has 4 heteroatoms. The van der Waals surface area contributed by atoms with Crippen LogP contribution in [-0.4, -0.2) is 17.1 Å². The molecule has 0 spiro atoms. The van der Waals surface area contributed by atoms with Crippen molar-refractivity contribution in [2.75, 3.05) is 6.54 Å². The van der Waals surface area contributed by atoms with Crippen LogP contribution in [0.1, 0.15) is 49.7 Å². The fraction of sp³-hybridized carbons (Fsp3) is 0.769. The van der Waals surface area contributed by atoms with Gasteiger partial charge in [-0.1, -0.05) is 19.3 Å². The predicted molar refractivity (Wildman–Crippen MR) is 73.2 cm³/mol. The molecule has 3 N–H and O–H groups in total. The van der Waals surface area contributed by atoms with Crippen molar-refractivity contribution < 1.29 is 0 Å². The Kier molecular flexibility index (Phi) is 4.54. The largest absolute Gasteiger partial charge is 0.330 e. The molecule has 0 amide bonds. The summed E-state index contributed by atoms with van der Waals surface area (Å²) in [6.07, 6.45) is 7.62. The summed E-state index contributed by atoms with van der Waals surface area (Å²) in [4.78, 5) is 4.59. The first-order chi connectivity index (χ1) is 8.22. The highest BCUT2D eigenvalue weighted by atomic mass is 32.1. The van der Waals surface area contributed by atoms with Gasteiger partial charge in [0.15, 0.2) is 0 Å². The zero-order chi connectivity index (χ0) is 12.1. The first kappa shape index (κ1) is 13.0.